The van der Waals surface area contributed by atoms with E-state index in [-0.39, 0.29) is 24.1 Å². The van der Waals surface area contributed by atoms with Crippen LogP contribution in [0.4, 0.5) is 19.0 Å². The van der Waals surface area contributed by atoms with Crippen molar-refractivity contribution in [2.24, 2.45) is 0 Å². The van der Waals surface area contributed by atoms with Gasteiger partial charge in [0, 0.05) is 11.7 Å². The van der Waals surface area contributed by atoms with Crippen LogP contribution < -0.4 is 5.73 Å². The van der Waals surface area contributed by atoms with Crippen molar-refractivity contribution in [2.75, 3.05) is 11.5 Å². The summed E-state index contributed by atoms with van der Waals surface area (Å²) >= 11 is -0.0509. The molecule has 4 nitrogen and oxygen atoms in total. The lowest BCUT2D eigenvalue weighted by molar-refractivity contribution is -0.0328. The minimum Gasteiger partial charge on any atom is -0.381 e. The topological polar surface area (TPSA) is 56.7 Å². The molecule has 0 radical (unpaired) electrons. The molecule has 1 saturated carbocycles. The minimum atomic E-state index is -4.19. The maximum atomic E-state index is 11.9. The van der Waals surface area contributed by atoms with Crippen molar-refractivity contribution in [1.82, 2.24) is 15.0 Å². The molecular formula is C8H11F3N4S. The predicted molar refractivity (Wildman–Crippen MR) is 54.9 cm³/mol. The van der Waals surface area contributed by atoms with Gasteiger partial charge in [-0.3, -0.25) is 0 Å². The van der Waals surface area contributed by atoms with E-state index in [1.165, 1.54) is 4.68 Å². The quantitative estimate of drug-likeness (QED) is 0.890. The molecule has 1 aliphatic rings. The Hall–Kier alpha value is -0.920. The highest BCUT2D eigenvalue weighted by Crippen LogP contribution is 2.42. The van der Waals surface area contributed by atoms with E-state index in [0.717, 1.165) is 18.5 Å². The number of hydrogen-bond donors (Lipinski definition) is 1. The van der Waals surface area contributed by atoms with Crippen LogP contribution in [-0.4, -0.2) is 26.3 Å². The molecule has 90 valence electrons. The fourth-order valence-electron chi connectivity index (χ4n) is 1.52. The van der Waals surface area contributed by atoms with Crippen LogP contribution in [0.2, 0.25) is 0 Å². The van der Waals surface area contributed by atoms with Crippen molar-refractivity contribution in [3.63, 3.8) is 0 Å². The number of halogens is 3. The highest BCUT2D eigenvalue weighted by atomic mass is 32.2. The van der Waals surface area contributed by atoms with E-state index in [4.69, 9.17) is 5.73 Å². The summed E-state index contributed by atoms with van der Waals surface area (Å²) in [5, 5.41) is 7.45. The van der Waals surface area contributed by atoms with Gasteiger partial charge in [-0.2, -0.15) is 13.2 Å². The molecule has 2 N–H and O–H groups in total. The number of nitrogen functional groups attached to an aromatic ring is 1. The largest absolute Gasteiger partial charge is 0.441 e. The summed E-state index contributed by atoms with van der Waals surface area (Å²) in [6.45, 7) is 0.195. The molecule has 1 heterocycles. The van der Waals surface area contributed by atoms with Crippen LogP contribution in [0.1, 0.15) is 24.5 Å². The fraction of sp³-hybridized carbons (Fsp3) is 0.750. The second-order valence-corrected chi connectivity index (χ2v) is 4.81. The molecule has 0 saturated heterocycles. The van der Waals surface area contributed by atoms with Crippen molar-refractivity contribution in [3.8, 4) is 0 Å². The van der Waals surface area contributed by atoms with Crippen molar-refractivity contribution in [2.45, 2.75) is 30.8 Å². The monoisotopic (exact) mass is 252 g/mol. The third-order valence-corrected chi connectivity index (χ3v) is 3.05. The summed E-state index contributed by atoms with van der Waals surface area (Å²) in [7, 11) is 0. The van der Waals surface area contributed by atoms with Gasteiger partial charge >= 0.3 is 5.51 Å². The molecule has 1 fully saturated rings. The van der Waals surface area contributed by atoms with Gasteiger partial charge in [-0.1, -0.05) is 5.21 Å². The summed E-state index contributed by atoms with van der Waals surface area (Å²) in [5.41, 5.74) is 2.22. The van der Waals surface area contributed by atoms with Crippen molar-refractivity contribution >= 4 is 17.6 Å². The third-order valence-electron chi connectivity index (χ3n) is 2.33. The van der Waals surface area contributed by atoms with Crippen LogP contribution in [-0.2, 0) is 6.54 Å². The number of nitrogens with zero attached hydrogens (tertiary/aromatic N) is 3. The molecular weight excluding hydrogens is 241 g/mol. The lowest BCUT2D eigenvalue weighted by Crippen LogP contribution is -2.10. The Morgan fingerprint density at radius 3 is 2.69 bits per heavy atom. The maximum absolute atomic E-state index is 11.9. The molecule has 0 aliphatic heterocycles. The summed E-state index contributed by atoms with van der Waals surface area (Å²) in [5.74, 6) is 0.622. The van der Waals surface area contributed by atoms with Crippen LogP contribution in [0.3, 0.4) is 0 Å². The first kappa shape index (κ1) is 11.6. The van der Waals surface area contributed by atoms with Gasteiger partial charge in [0.05, 0.1) is 12.2 Å². The number of anilines is 1. The third kappa shape index (κ3) is 2.81. The normalized spacial score (nSPS) is 16.7. The Morgan fingerprint density at radius 1 is 1.44 bits per heavy atom. The molecule has 0 bridgehead atoms. The van der Waals surface area contributed by atoms with Crippen LogP contribution in [0.15, 0.2) is 0 Å². The number of thioether (sulfide) groups is 1. The number of rotatable bonds is 4. The summed E-state index contributed by atoms with van der Waals surface area (Å²) in [6, 6.07) is 0. The van der Waals surface area contributed by atoms with Crippen LogP contribution in [0, 0.1) is 0 Å². The lowest BCUT2D eigenvalue weighted by Gasteiger charge is -2.07. The van der Waals surface area contributed by atoms with E-state index >= 15 is 0 Å². The molecule has 16 heavy (non-hydrogen) atoms. The molecule has 2 rings (SSSR count). The summed E-state index contributed by atoms with van der Waals surface area (Å²) in [6.07, 6.45) is 2.04. The molecule has 8 heteroatoms. The molecule has 0 aromatic carbocycles. The Kier molecular flexibility index (Phi) is 3.00. The Balaban J connectivity index is 1.94. The number of aromatic nitrogens is 3. The molecule has 0 spiro atoms. The summed E-state index contributed by atoms with van der Waals surface area (Å²) < 4.78 is 37.3. The van der Waals surface area contributed by atoms with Gasteiger partial charge in [0.15, 0.2) is 5.82 Å². The zero-order valence-corrected chi connectivity index (χ0v) is 9.18. The molecule has 1 aromatic rings. The minimum absolute atomic E-state index is 0.0509. The molecule has 0 atom stereocenters. The average Bonchev–Trinajstić information content (AvgIpc) is 2.91. The fourth-order valence-corrected chi connectivity index (χ4v) is 2.02. The van der Waals surface area contributed by atoms with Gasteiger partial charge in [-0.15, -0.1) is 5.10 Å². The van der Waals surface area contributed by atoms with Gasteiger partial charge in [-0.25, -0.2) is 4.68 Å². The van der Waals surface area contributed by atoms with E-state index in [1.807, 2.05) is 0 Å². The van der Waals surface area contributed by atoms with E-state index in [9.17, 15) is 13.2 Å². The zero-order chi connectivity index (χ0) is 11.8. The zero-order valence-electron chi connectivity index (χ0n) is 8.37. The SMILES string of the molecule is Nc1nnn(CCSC(F)(F)F)c1C1CC1. The Labute approximate surface area is 94.4 Å². The highest BCUT2D eigenvalue weighted by Gasteiger charge is 2.31. The number of nitrogens with two attached hydrogens (primary N) is 1. The highest BCUT2D eigenvalue weighted by molar-refractivity contribution is 8.00. The second-order valence-electron chi connectivity index (χ2n) is 3.65. The van der Waals surface area contributed by atoms with E-state index in [1.54, 1.807) is 0 Å². The first-order valence-corrected chi connectivity index (χ1v) is 5.85. The molecule has 1 aromatic heterocycles. The van der Waals surface area contributed by atoms with Crippen LogP contribution >= 0.6 is 11.8 Å². The van der Waals surface area contributed by atoms with Crippen molar-refractivity contribution in [3.05, 3.63) is 5.69 Å². The van der Waals surface area contributed by atoms with Crippen molar-refractivity contribution in [1.29, 1.82) is 0 Å². The smallest absolute Gasteiger partial charge is 0.381 e. The average molecular weight is 252 g/mol. The van der Waals surface area contributed by atoms with Crippen LogP contribution in [0.5, 0.6) is 0 Å². The number of hydrogen-bond acceptors (Lipinski definition) is 4. The van der Waals surface area contributed by atoms with Gasteiger partial charge < -0.3 is 5.73 Å². The van der Waals surface area contributed by atoms with Crippen LogP contribution in [0.25, 0.3) is 0 Å². The number of alkyl halides is 3. The number of aryl methyl sites for hydroxylation is 1. The molecule has 0 amide bonds. The molecule has 1 aliphatic carbocycles. The summed E-state index contributed by atoms with van der Waals surface area (Å²) in [4.78, 5) is 0. The Bertz CT molecular complexity index is 372. The molecule has 0 unspecified atom stereocenters. The van der Waals surface area contributed by atoms with Gasteiger partial charge in [0.1, 0.15) is 0 Å². The van der Waals surface area contributed by atoms with Gasteiger partial charge in [0.2, 0.25) is 0 Å². The first-order valence-electron chi connectivity index (χ1n) is 4.87. The predicted octanol–water partition coefficient (Wildman–Crippen LogP) is 1.99. The van der Waals surface area contributed by atoms with E-state index in [0.29, 0.717) is 11.7 Å². The van der Waals surface area contributed by atoms with Crippen molar-refractivity contribution < 1.29 is 13.2 Å². The van der Waals surface area contributed by atoms with Gasteiger partial charge in [-0.05, 0) is 24.6 Å². The first-order chi connectivity index (χ1) is 7.47. The lowest BCUT2D eigenvalue weighted by atomic mass is 10.3. The van der Waals surface area contributed by atoms with E-state index in [2.05, 4.69) is 10.3 Å². The Morgan fingerprint density at radius 2 is 2.12 bits per heavy atom. The maximum Gasteiger partial charge on any atom is 0.441 e. The second kappa shape index (κ2) is 4.15. The standard InChI is InChI=1S/C8H11F3N4S/c9-8(10,11)16-4-3-15-6(5-1-2-5)7(12)13-14-15/h5H,1-4,12H2. The van der Waals surface area contributed by atoms with Gasteiger partial charge in [0.25, 0.3) is 0 Å². The van der Waals surface area contributed by atoms with E-state index < -0.39 is 5.51 Å².